The molecule has 8 heteroatoms. The van der Waals surface area contributed by atoms with Crippen LogP contribution in [0.2, 0.25) is 0 Å². The largest absolute Gasteiger partial charge is 0.468 e. The SMILES string of the molecule is COC(=O)CN(CC(=O)OC)C(=O)c1cc(N)ccc1F. The minimum Gasteiger partial charge on any atom is -0.468 e. The van der Waals surface area contributed by atoms with Crippen LogP contribution in [0.3, 0.4) is 0 Å². The zero-order chi connectivity index (χ0) is 16.0. The normalized spacial score (nSPS) is 9.86. The lowest BCUT2D eigenvalue weighted by Gasteiger charge is -2.20. The van der Waals surface area contributed by atoms with Crippen molar-refractivity contribution >= 4 is 23.5 Å². The van der Waals surface area contributed by atoms with Gasteiger partial charge in [-0.05, 0) is 18.2 Å². The summed E-state index contributed by atoms with van der Waals surface area (Å²) in [5.41, 5.74) is 5.33. The van der Waals surface area contributed by atoms with Crippen molar-refractivity contribution in [1.29, 1.82) is 0 Å². The summed E-state index contributed by atoms with van der Waals surface area (Å²) in [6.07, 6.45) is 0. The predicted molar refractivity (Wildman–Crippen MR) is 70.7 cm³/mol. The highest BCUT2D eigenvalue weighted by Gasteiger charge is 2.24. The van der Waals surface area contributed by atoms with Crippen LogP contribution in [0.4, 0.5) is 10.1 Å². The molecule has 0 spiro atoms. The molecule has 0 aliphatic carbocycles. The molecule has 0 bridgehead atoms. The fourth-order valence-electron chi connectivity index (χ4n) is 1.52. The Bertz CT molecular complexity index is 543. The Labute approximate surface area is 120 Å². The first-order chi connectivity index (χ1) is 9.88. The Kier molecular flexibility index (Phi) is 5.65. The summed E-state index contributed by atoms with van der Waals surface area (Å²) in [4.78, 5) is 35.6. The van der Waals surface area contributed by atoms with E-state index in [-0.39, 0.29) is 11.3 Å². The van der Waals surface area contributed by atoms with Gasteiger partial charge in [-0.2, -0.15) is 0 Å². The van der Waals surface area contributed by atoms with Crippen molar-refractivity contribution in [2.75, 3.05) is 33.0 Å². The summed E-state index contributed by atoms with van der Waals surface area (Å²) in [6, 6.07) is 3.44. The fraction of sp³-hybridized carbons (Fsp3) is 0.308. The number of rotatable bonds is 5. The van der Waals surface area contributed by atoms with Gasteiger partial charge >= 0.3 is 11.9 Å². The number of carbonyl (C=O) groups excluding carboxylic acids is 3. The quantitative estimate of drug-likeness (QED) is 0.615. The maximum absolute atomic E-state index is 13.7. The number of ether oxygens (including phenoxy) is 2. The molecule has 0 radical (unpaired) electrons. The highest BCUT2D eigenvalue weighted by molar-refractivity contribution is 5.98. The molecule has 1 amide bonds. The van der Waals surface area contributed by atoms with E-state index in [1.165, 1.54) is 6.07 Å². The molecule has 1 aromatic carbocycles. The number of esters is 2. The van der Waals surface area contributed by atoms with Crippen LogP contribution in [0, 0.1) is 5.82 Å². The Morgan fingerprint density at radius 1 is 1.14 bits per heavy atom. The molecule has 0 fully saturated rings. The summed E-state index contributed by atoms with van der Waals surface area (Å²) in [6.45, 7) is -1.03. The highest BCUT2D eigenvalue weighted by atomic mass is 19.1. The first kappa shape index (κ1) is 16.4. The molecule has 0 aliphatic rings. The van der Waals surface area contributed by atoms with E-state index in [9.17, 15) is 18.8 Å². The van der Waals surface area contributed by atoms with Gasteiger partial charge in [0.15, 0.2) is 0 Å². The third-order valence-electron chi connectivity index (χ3n) is 2.60. The lowest BCUT2D eigenvalue weighted by molar-refractivity contribution is -0.144. The van der Waals surface area contributed by atoms with Crippen molar-refractivity contribution in [2.24, 2.45) is 0 Å². The molecule has 2 N–H and O–H groups in total. The lowest BCUT2D eigenvalue weighted by atomic mass is 10.1. The number of carbonyl (C=O) groups is 3. The summed E-state index contributed by atoms with van der Waals surface area (Å²) < 4.78 is 22.5. The molecule has 0 saturated heterocycles. The second kappa shape index (κ2) is 7.22. The average molecular weight is 298 g/mol. The third kappa shape index (κ3) is 4.44. The lowest BCUT2D eigenvalue weighted by Crippen LogP contribution is -2.40. The monoisotopic (exact) mass is 298 g/mol. The van der Waals surface area contributed by atoms with Crippen molar-refractivity contribution in [3.05, 3.63) is 29.6 Å². The predicted octanol–water partition coefficient (Wildman–Crippen LogP) is 0.196. The standard InChI is InChI=1S/C13H15FN2O5/c1-20-11(17)6-16(7-12(18)21-2)13(19)9-5-8(15)3-4-10(9)14/h3-5H,6-7,15H2,1-2H3. The molecule has 0 heterocycles. The molecule has 1 aromatic rings. The topological polar surface area (TPSA) is 98.9 Å². The molecule has 0 saturated carbocycles. The minimum atomic E-state index is -0.865. The van der Waals surface area contributed by atoms with Gasteiger partial charge in [0, 0.05) is 5.69 Å². The molecule has 1 rings (SSSR count). The van der Waals surface area contributed by atoms with Crippen LogP contribution in [0.5, 0.6) is 0 Å². The average Bonchev–Trinajstić information content (AvgIpc) is 2.47. The molecular weight excluding hydrogens is 283 g/mol. The fourth-order valence-corrected chi connectivity index (χ4v) is 1.52. The molecule has 21 heavy (non-hydrogen) atoms. The minimum absolute atomic E-state index is 0.177. The molecular formula is C13H15FN2O5. The maximum atomic E-state index is 13.7. The van der Waals surface area contributed by atoms with E-state index in [0.717, 1.165) is 31.3 Å². The molecule has 0 aliphatic heterocycles. The molecule has 0 unspecified atom stereocenters. The van der Waals surface area contributed by atoms with E-state index in [0.29, 0.717) is 0 Å². The van der Waals surface area contributed by atoms with Crippen LogP contribution in [0.15, 0.2) is 18.2 Å². The van der Waals surface area contributed by atoms with E-state index in [1.807, 2.05) is 0 Å². The van der Waals surface area contributed by atoms with Gasteiger partial charge in [-0.25, -0.2) is 4.39 Å². The number of nitrogens with zero attached hydrogens (tertiary/aromatic N) is 1. The van der Waals surface area contributed by atoms with Crippen LogP contribution in [0.25, 0.3) is 0 Å². The Hall–Kier alpha value is -2.64. The summed E-state index contributed by atoms with van der Waals surface area (Å²) in [7, 11) is 2.26. The number of nitrogens with two attached hydrogens (primary N) is 1. The van der Waals surface area contributed by atoms with Crippen molar-refractivity contribution < 1.29 is 28.2 Å². The zero-order valence-electron chi connectivity index (χ0n) is 11.6. The van der Waals surface area contributed by atoms with Crippen molar-refractivity contribution in [2.45, 2.75) is 0 Å². The van der Waals surface area contributed by atoms with E-state index < -0.39 is 36.8 Å². The van der Waals surface area contributed by atoms with Gasteiger partial charge in [0.25, 0.3) is 5.91 Å². The maximum Gasteiger partial charge on any atom is 0.325 e. The van der Waals surface area contributed by atoms with Crippen molar-refractivity contribution in [3.8, 4) is 0 Å². The number of benzene rings is 1. The number of hydrogen-bond donors (Lipinski definition) is 1. The molecule has 0 aromatic heterocycles. The van der Waals surface area contributed by atoms with E-state index in [2.05, 4.69) is 9.47 Å². The van der Waals surface area contributed by atoms with Gasteiger partial charge in [0.05, 0.1) is 19.8 Å². The van der Waals surface area contributed by atoms with Gasteiger partial charge in [-0.15, -0.1) is 0 Å². The van der Waals surface area contributed by atoms with Crippen molar-refractivity contribution in [3.63, 3.8) is 0 Å². The number of amides is 1. The Balaban J connectivity index is 3.05. The van der Waals surface area contributed by atoms with Crippen LogP contribution < -0.4 is 5.73 Å². The van der Waals surface area contributed by atoms with Gasteiger partial charge in [-0.1, -0.05) is 0 Å². The smallest absolute Gasteiger partial charge is 0.325 e. The van der Waals surface area contributed by atoms with Gasteiger partial charge in [-0.3, -0.25) is 14.4 Å². The van der Waals surface area contributed by atoms with Gasteiger partial charge < -0.3 is 20.1 Å². The van der Waals surface area contributed by atoms with E-state index in [4.69, 9.17) is 5.73 Å². The zero-order valence-corrected chi connectivity index (χ0v) is 11.6. The number of hydrogen-bond acceptors (Lipinski definition) is 6. The summed E-state index contributed by atoms with van der Waals surface area (Å²) in [5, 5.41) is 0. The second-order valence-electron chi connectivity index (χ2n) is 4.05. The van der Waals surface area contributed by atoms with Crippen LogP contribution >= 0.6 is 0 Å². The second-order valence-corrected chi connectivity index (χ2v) is 4.05. The number of methoxy groups -OCH3 is 2. The van der Waals surface area contributed by atoms with E-state index in [1.54, 1.807) is 0 Å². The summed E-state index contributed by atoms with van der Waals surface area (Å²) in [5.74, 6) is -3.18. The molecule has 0 atom stereocenters. The highest BCUT2D eigenvalue weighted by Crippen LogP contribution is 2.14. The van der Waals surface area contributed by atoms with Crippen molar-refractivity contribution in [1.82, 2.24) is 4.90 Å². The number of nitrogen functional groups attached to an aromatic ring is 1. The number of halogens is 1. The van der Waals surface area contributed by atoms with Gasteiger partial charge in [0.2, 0.25) is 0 Å². The van der Waals surface area contributed by atoms with Crippen LogP contribution in [-0.2, 0) is 19.1 Å². The van der Waals surface area contributed by atoms with Gasteiger partial charge in [0.1, 0.15) is 18.9 Å². The first-order valence-electron chi connectivity index (χ1n) is 5.87. The Morgan fingerprint density at radius 2 is 1.67 bits per heavy atom. The van der Waals surface area contributed by atoms with Crippen LogP contribution in [0.1, 0.15) is 10.4 Å². The van der Waals surface area contributed by atoms with E-state index >= 15 is 0 Å². The third-order valence-corrected chi connectivity index (χ3v) is 2.60. The Morgan fingerprint density at radius 3 is 2.14 bits per heavy atom. The molecule has 7 nitrogen and oxygen atoms in total. The van der Waals surface area contributed by atoms with Crippen LogP contribution in [-0.4, -0.2) is 50.1 Å². The molecule has 114 valence electrons. The first-order valence-corrected chi connectivity index (χ1v) is 5.87. The number of anilines is 1. The summed E-state index contributed by atoms with van der Waals surface area (Å²) >= 11 is 0.